The predicted molar refractivity (Wildman–Crippen MR) is 337 cm³/mol. The smallest absolute Gasteiger partial charge is 0.227 e. The van der Waals surface area contributed by atoms with Crippen molar-refractivity contribution in [3.8, 4) is 85.5 Å². The maximum atomic E-state index is 5.48. The van der Waals surface area contributed by atoms with Crippen LogP contribution in [0, 0.1) is 0 Å². The van der Waals surface area contributed by atoms with E-state index in [2.05, 4.69) is 84.0 Å². The van der Waals surface area contributed by atoms with Gasteiger partial charge in [-0.3, -0.25) is 9.97 Å². The molecule has 0 spiro atoms. The lowest BCUT2D eigenvalue weighted by molar-refractivity contribution is 0.324. The summed E-state index contributed by atoms with van der Waals surface area (Å²) in [5, 5.41) is 13.1. The molecule has 0 radical (unpaired) electrons. The molecule has 0 aliphatic rings. The zero-order valence-corrected chi connectivity index (χ0v) is 49.4. The van der Waals surface area contributed by atoms with E-state index in [-0.39, 0.29) is 0 Å². The first-order chi connectivity index (χ1) is 42.7. The number of fused-ring (bicyclic) bond motifs is 3. The highest BCUT2D eigenvalue weighted by Crippen LogP contribution is 2.45. The lowest BCUT2D eigenvalue weighted by Crippen LogP contribution is -2.05. The number of methoxy groups -OCH3 is 9. The number of H-pyrrole nitrogens is 3. The zero-order valence-electron chi connectivity index (χ0n) is 49.4. The molecule has 0 aliphatic heterocycles. The van der Waals surface area contributed by atoms with Gasteiger partial charge in [-0.25, -0.2) is 24.9 Å². The van der Waals surface area contributed by atoms with Crippen LogP contribution in [0.4, 0.5) is 23.0 Å². The molecular weight excluding hydrogens is 1110 g/mol. The van der Waals surface area contributed by atoms with Crippen LogP contribution in [0.25, 0.3) is 66.9 Å². The summed E-state index contributed by atoms with van der Waals surface area (Å²) in [6.07, 6.45) is 16.9. The van der Waals surface area contributed by atoms with Crippen molar-refractivity contribution in [3.63, 3.8) is 0 Å². The van der Waals surface area contributed by atoms with E-state index in [9.17, 15) is 0 Å². The van der Waals surface area contributed by atoms with E-state index in [0.717, 1.165) is 102 Å². The molecule has 12 aromatic rings. The highest BCUT2D eigenvalue weighted by atomic mass is 16.5. The summed E-state index contributed by atoms with van der Waals surface area (Å²) >= 11 is 0. The number of aromatic nitrogens is 10. The summed E-state index contributed by atoms with van der Waals surface area (Å²) in [7, 11) is 14.4. The lowest BCUT2D eigenvalue weighted by Gasteiger charge is -2.13. The van der Waals surface area contributed by atoms with Gasteiger partial charge >= 0.3 is 0 Å². The van der Waals surface area contributed by atoms with Gasteiger partial charge in [0.25, 0.3) is 0 Å². The molecule has 6 N–H and O–H groups in total. The molecule has 0 aliphatic carbocycles. The van der Waals surface area contributed by atoms with Gasteiger partial charge in [0.2, 0.25) is 23.2 Å². The number of nitrogens with zero attached hydrogens (tertiary/aromatic N) is 7. The lowest BCUT2D eigenvalue weighted by atomic mass is 10.1. The van der Waals surface area contributed by atoms with Crippen LogP contribution in [0.2, 0.25) is 0 Å². The fourth-order valence-electron chi connectivity index (χ4n) is 9.75. The van der Waals surface area contributed by atoms with Gasteiger partial charge in [-0.15, -0.1) is 0 Å². The molecule has 0 saturated carbocycles. The van der Waals surface area contributed by atoms with Gasteiger partial charge in [0, 0.05) is 130 Å². The second-order valence-electron chi connectivity index (χ2n) is 19.1. The summed E-state index contributed by atoms with van der Waals surface area (Å²) in [6, 6.07) is 33.2. The van der Waals surface area contributed by atoms with Crippen LogP contribution in [-0.4, -0.2) is 120 Å². The van der Waals surface area contributed by atoms with E-state index in [1.54, 1.807) is 113 Å². The van der Waals surface area contributed by atoms with Crippen molar-refractivity contribution in [2.24, 2.45) is 0 Å². The Morgan fingerprint density at radius 2 is 0.747 bits per heavy atom. The molecule has 22 nitrogen and oxygen atoms in total. The van der Waals surface area contributed by atoms with E-state index >= 15 is 0 Å². The number of hydrogen-bond donors (Lipinski definition) is 6. The number of hydrogen-bond acceptors (Lipinski definition) is 19. The van der Waals surface area contributed by atoms with Crippen LogP contribution in [-0.2, 0) is 13.0 Å². The molecule has 0 saturated heterocycles. The molecule has 0 amide bonds. The second kappa shape index (κ2) is 27.9. The molecule has 22 heteroatoms. The zero-order chi connectivity index (χ0) is 60.7. The van der Waals surface area contributed by atoms with E-state index in [1.165, 1.54) is 5.56 Å². The Balaban J connectivity index is 0.000000145. The van der Waals surface area contributed by atoms with Gasteiger partial charge in [-0.1, -0.05) is 12.1 Å². The average molecular weight is 1170 g/mol. The highest BCUT2D eigenvalue weighted by Gasteiger charge is 2.20. The first-order valence-corrected chi connectivity index (χ1v) is 27.3. The van der Waals surface area contributed by atoms with E-state index in [4.69, 9.17) is 42.6 Å². The molecule has 87 heavy (non-hydrogen) atoms. The summed E-state index contributed by atoms with van der Waals surface area (Å²) in [4.78, 5) is 40.2. The van der Waals surface area contributed by atoms with Crippen molar-refractivity contribution in [2.75, 3.05) is 86.5 Å². The van der Waals surface area contributed by atoms with E-state index < -0.39 is 0 Å². The average Bonchev–Trinajstić information content (AvgIpc) is 2.79. The number of nitrogens with one attached hydrogen (secondary N) is 6. The Morgan fingerprint density at radius 3 is 1.13 bits per heavy atom. The predicted octanol–water partition coefficient (Wildman–Crippen LogP) is 12.4. The van der Waals surface area contributed by atoms with Crippen LogP contribution in [0.1, 0.15) is 11.1 Å². The van der Waals surface area contributed by atoms with Gasteiger partial charge in [0.1, 0.15) is 16.9 Å². The molecule has 9 aromatic heterocycles. The maximum absolute atomic E-state index is 5.48. The molecule has 0 atom stereocenters. The van der Waals surface area contributed by atoms with Crippen molar-refractivity contribution in [1.29, 1.82) is 0 Å². The van der Waals surface area contributed by atoms with E-state index in [1.807, 2.05) is 91.3 Å². The maximum Gasteiger partial charge on any atom is 0.227 e. The molecule has 0 unspecified atom stereocenters. The third-order valence-electron chi connectivity index (χ3n) is 14.0. The van der Waals surface area contributed by atoms with E-state index in [0.29, 0.717) is 64.2 Å². The number of pyridine rings is 5. The van der Waals surface area contributed by atoms with Gasteiger partial charge in [-0.05, 0) is 109 Å². The van der Waals surface area contributed by atoms with Crippen LogP contribution < -0.4 is 58.6 Å². The molecule has 0 fully saturated rings. The standard InChI is InChI=1S/C23H24N4O3.C22H22N4O3.C20H19N5O3/c1-28-20-11-16(12-21(29-2)22(20)30-3)19-13-17-18(7-10-26-23(17)27-19)25-9-6-15-5-4-8-24-14-15;1-27-19-9-15(10-20(28-2)21(19)29-3)18-11-16-17(6-8-24-22(16)26-18)25-13-14-5-4-7-23-12-14;1-26-16-9-12(10-17(27-2)18(16)28-3)15-11-13-14(5-8-21-19(13)24-15)25-20-22-6-4-7-23-20/h4-5,7-8,10-14H,6,9H2,1-3H3,(H2,25,26,27);4-12H,13H2,1-3H3,(H2,24,25,26);4-11H,1-3H3,(H2,21,22,23,24,25). The molecule has 3 aromatic carbocycles. The van der Waals surface area contributed by atoms with Crippen molar-refractivity contribution in [2.45, 2.75) is 13.0 Å². The molecule has 9 heterocycles. The first-order valence-electron chi connectivity index (χ1n) is 27.3. The largest absolute Gasteiger partial charge is 0.493 e. The Labute approximate surface area is 501 Å². The minimum atomic E-state index is 0.519. The number of aromatic amines is 3. The minimum Gasteiger partial charge on any atom is -0.493 e. The highest BCUT2D eigenvalue weighted by molar-refractivity contribution is 5.96. The third-order valence-corrected chi connectivity index (χ3v) is 14.0. The van der Waals surface area contributed by atoms with Gasteiger partial charge < -0.3 is 73.5 Å². The normalized spacial score (nSPS) is 10.7. The molecule has 444 valence electrons. The van der Waals surface area contributed by atoms with Crippen LogP contribution >= 0.6 is 0 Å². The molecular formula is C65H65N13O9. The topological polar surface area (TPSA) is 257 Å². The van der Waals surface area contributed by atoms with Gasteiger partial charge in [-0.2, -0.15) is 0 Å². The summed E-state index contributed by atoms with van der Waals surface area (Å²) < 4.78 is 49.1. The van der Waals surface area contributed by atoms with Crippen molar-refractivity contribution in [3.05, 3.63) is 170 Å². The third kappa shape index (κ3) is 13.4. The number of rotatable bonds is 21. The van der Waals surface area contributed by atoms with Crippen LogP contribution in [0.15, 0.2) is 159 Å². The fourth-order valence-corrected chi connectivity index (χ4v) is 9.75. The Bertz CT molecular complexity index is 4160. The Morgan fingerprint density at radius 1 is 0.368 bits per heavy atom. The van der Waals surface area contributed by atoms with Crippen molar-refractivity contribution >= 4 is 56.1 Å². The SMILES string of the molecule is COc1cc(-c2cc3c(NCCc4cccnc4)ccnc3[nH]2)cc(OC)c1OC.COc1cc(-c2cc3c(NCc4cccnc4)ccnc3[nH]2)cc(OC)c1OC.COc1cc(-c2cc3c(Nc4ncccn4)ccnc3[nH]2)cc(OC)c1OC. The summed E-state index contributed by atoms with van der Waals surface area (Å²) in [6.45, 7) is 1.48. The molecule has 0 bridgehead atoms. The number of benzene rings is 3. The monoisotopic (exact) mass is 1170 g/mol. The Hall–Kier alpha value is -11.3. The Kier molecular flexibility index (Phi) is 18.9. The molecule has 12 rings (SSSR count). The first kappa shape index (κ1) is 58.9. The quantitative estimate of drug-likeness (QED) is 0.0391. The van der Waals surface area contributed by atoms with Crippen LogP contribution in [0.5, 0.6) is 51.7 Å². The summed E-state index contributed by atoms with van der Waals surface area (Å²) in [5.74, 6) is 5.77. The van der Waals surface area contributed by atoms with Crippen molar-refractivity contribution in [1.82, 2.24) is 49.8 Å². The number of anilines is 4. The van der Waals surface area contributed by atoms with Crippen LogP contribution in [0.3, 0.4) is 0 Å². The minimum absolute atomic E-state index is 0.519. The second-order valence-corrected chi connectivity index (χ2v) is 19.1. The van der Waals surface area contributed by atoms with Gasteiger partial charge in [0.15, 0.2) is 34.5 Å². The fraction of sp³-hybridized carbons (Fsp3) is 0.185. The van der Waals surface area contributed by atoms with Gasteiger partial charge in [0.05, 0.1) is 69.7 Å². The summed E-state index contributed by atoms with van der Waals surface area (Å²) in [5.41, 5.74) is 12.9. The number of ether oxygens (including phenoxy) is 9. The van der Waals surface area contributed by atoms with Crippen molar-refractivity contribution < 1.29 is 42.6 Å².